The minimum absolute atomic E-state index is 0.238. The summed E-state index contributed by atoms with van der Waals surface area (Å²) in [4.78, 5) is 9.49. The van der Waals surface area contributed by atoms with Gasteiger partial charge in [0, 0.05) is 19.0 Å². The Balaban J connectivity index is 0.000000353. The van der Waals surface area contributed by atoms with Crippen LogP contribution < -0.4 is 15.4 Å². The summed E-state index contributed by atoms with van der Waals surface area (Å²) in [5, 5.41) is 14.1. The molecule has 2 aliphatic rings. The molecule has 2 aromatic carbocycles. The molecule has 1 aliphatic heterocycles. The molecule has 0 radical (unpaired) electrons. The molecule has 1 heterocycles. The first-order valence-electron chi connectivity index (χ1n) is 9.78. The first kappa shape index (κ1) is 21.4. The van der Waals surface area contributed by atoms with Crippen LogP contribution in [0, 0.1) is 11.7 Å². The lowest BCUT2D eigenvalue weighted by Gasteiger charge is -2.14. The van der Waals surface area contributed by atoms with Crippen molar-refractivity contribution in [3.63, 3.8) is 0 Å². The molecule has 5 nitrogen and oxygen atoms in total. The maximum atomic E-state index is 13.0. The van der Waals surface area contributed by atoms with Crippen molar-refractivity contribution in [1.29, 1.82) is 0 Å². The molecule has 1 amide bonds. The average molecular weight is 421 g/mol. The third-order valence-corrected chi connectivity index (χ3v) is 5.86. The van der Waals surface area contributed by atoms with Gasteiger partial charge in [0.1, 0.15) is 18.2 Å². The number of amides is 1. The number of hydrogen-bond donors (Lipinski definition) is 3. The Kier molecular flexibility index (Phi) is 6.98. The van der Waals surface area contributed by atoms with Crippen LogP contribution in [0.1, 0.15) is 42.4 Å². The summed E-state index contributed by atoms with van der Waals surface area (Å²) in [5.74, 6) is 2.24. The van der Waals surface area contributed by atoms with E-state index in [4.69, 9.17) is 21.4 Å². The predicted molar refractivity (Wildman–Crippen MR) is 111 cm³/mol. The van der Waals surface area contributed by atoms with Crippen molar-refractivity contribution in [3.05, 3.63) is 63.9 Å². The third-order valence-electron chi connectivity index (χ3n) is 5.57. The third kappa shape index (κ3) is 5.00. The van der Waals surface area contributed by atoms with Crippen LogP contribution in [0.2, 0.25) is 5.02 Å². The second-order valence-corrected chi connectivity index (χ2v) is 7.79. The first-order valence-corrected chi connectivity index (χ1v) is 10.2. The smallest absolute Gasteiger partial charge is 0.404 e. The van der Waals surface area contributed by atoms with Gasteiger partial charge in [0.15, 0.2) is 0 Å². The Labute approximate surface area is 175 Å². The number of rotatable bonds is 4. The van der Waals surface area contributed by atoms with Crippen LogP contribution in [0.15, 0.2) is 36.4 Å². The van der Waals surface area contributed by atoms with E-state index in [0.717, 1.165) is 24.4 Å². The standard InChI is InChI=1S/C19H19ClFNO.C3H7NO2/c1-11-14-6-18(20)19(7-15(14)17-9-22-8-16(11)17)23-10-12-2-4-13(21)5-3-12;1-2-4-3(5)6/h2-7,11,16-17,22H,8-10H2,1H3;4H,2H2,1H3,(H,5,6). The van der Waals surface area contributed by atoms with Crippen molar-refractivity contribution in [2.75, 3.05) is 19.6 Å². The van der Waals surface area contributed by atoms with Gasteiger partial charge in [-0.15, -0.1) is 0 Å². The number of halogens is 2. The molecule has 0 bridgehead atoms. The Morgan fingerprint density at radius 3 is 2.62 bits per heavy atom. The maximum Gasteiger partial charge on any atom is 0.404 e. The van der Waals surface area contributed by atoms with Crippen LogP contribution in [0.25, 0.3) is 0 Å². The van der Waals surface area contributed by atoms with Gasteiger partial charge in [-0.1, -0.05) is 30.7 Å². The summed E-state index contributed by atoms with van der Waals surface area (Å²) in [6, 6.07) is 10.5. The predicted octanol–water partition coefficient (Wildman–Crippen LogP) is 4.75. The Morgan fingerprint density at radius 2 is 2.00 bits per heavy atom. The lowest BCUT2D eigenvalue weighted by molar-refractivity contribution is 0.195. The van der Waals surface area contributed by atoms with E-state index in [1.165, 1.54) is 23.3 Å². The fourth-order valence-electron chi connectivity index (χ4n) is 4.10. The molecular weight excluding hydrogens is 395 g/mol. The highest BCUT2D eigenvalue weighted by Gasteiger charge is 2.41. The van der Waals surface area contributed by atoms with E-state index >= 15 is 0 Å². The Hall–Kier alpha value is -2.31. The van der Waals surface area contributed by atoms with E-state index in [0.29, 0.717) is 35.9 Å². The highest BCUT2D eigenvalue weighted by atomic mass is 35.5. The van der Waals surface area contributed by atoms with Gasteiger partial charge in [0.25, 0.3) is 0 Å². The van der Waals surface area contributed by atoms with Gasteiger partial charge >= 0.3 is 6.09 Å². The van der Waals surface area contributed by atoms with Crippen molar-refractivity contribution in [2.24, 2.45) is 5.92 Å². The van der Waals surface area contributed by atoms with Crippen LogP contribution in [-0.2, 0) is 6.61 Å². The van der Waals surface area contributed by atoms with Crippen molar-refractivity contribution in [1.82, 2.24) is 10.6 Å². The van der Waals surface area contributed by atoms with E-state index in [1.54, 1.807) is 19.1 Å². The number of hydrogen-bond acceptors (Lipinski definition) is 3. The number of ether oxygens (including phenoxy) is 1. The number of benzene rings is 2. The van der Waals surface area contributed by atoms with Crippen molar-refractivity contribution < 1.29 is 19.0 Å². The highest BCUT2D eigenvalue weighted by Crippen LogP contribution is 2.50. The number of fused-ring (bicyclic) bond motifs is 3. The maximum absolute atomic E-state index is 13.0. The first-order chi connectivity index (χ1) is 13.9. The zero-order chi connectivity index (χ0) is 21.0. The van der Waals surface area contributed by atoms with Crippen LogP contribution in [0.5, 0.6) is 5.75 Å². The normalized spacial score (nSPS) is 21.6. The van der Waals surface area contributed by atoms with E-state index < -0.39 is 6.09 Å². The molecule has 156 valence electrons. The minimum atomic E-state index is -0.961. The molecule has 1 fully saturated rings. The van der Waals surface area contributed by atoms with E-state index in [-0.39, 0.29) is 5.82 Å². The van der Waals surface area contributed by atoms with Crippen LogP contribution in [0.4, 0.5) is 9.18 Å². The fourth-order valence-corrected chi connectivity index (χ4v) is 4.33. The molecule has 0 saturated carbocycles. The van der Waals surface area contributed by atoms with Gasteiger partial charge in [-0.05, 0) is 66.3 Å². The number of carbonyl (C=O) groups is 1. The topological polar surface area (TPSA) is 70.6 Å². The summed E-state index contributed by atoms with van der Waals surface area (Å²) >= 11 is 6.42. The monoisotopic (exact) mass is 420 g/mol. The average Bonchev–Trinajstić information content (AvgIpc) is 3.25. The fraction of sp³-hybridized carbons (Fsp3) is 0.409. The van der Waals surface area contributed by atoms with Crippen LogP contribution in [0.3, 0.4) is 0 Å². The zero-order valence-corrected chi connectivity index (χ0v) is 17.3. The molecule has 0 spiro atoms. The quantitative estimate of drug-likeness (QED) is 0.667. The Morgan fingerprint density at radius 1 is 1.28 bits per heavy atom. The van der Waals surface area contributed by atoms with Gasteiger partial charge in [-0.2, -0.15) is 0 Å². The van der Waals surface area contributed by atoms with E-state index in [1.807, 2.05) is 0 Å². The molecular formula is C22H26ClFN2O3. The van der Waals surface area contributed by atoms with Gasteiger partial charge < -0.3 is 20.5 Å². The summed E-state index contributed by atoms with van der Waals surface area (Å²) in [6.07, 6.45) is -0.961. The lowest BCUT2D eigenvalue weighted by atomic mass is 9.91. The summed E-state index contributed by atoms with van der Waals surface area (Å²) in [7, 11) is 0. The zero-order valence-electron chi connectivity index (χ0n) is 16.5. The molecule has 2 aromatic rings. The molecule has 29 heavy (non-hydrogen) atoms. The molecule has 4 rings (SSSR count). The van der Waals surface area contributed by atoms with E-state index in [2.05, 4.69) is 29.7 Å². The minimum Gasteiger partial charge on any atom is -0.487 e. The number of carboxylic acid groups (broad SMARTS) is 1. The second-order valence-electron chi connectivity index (χ2n) is 7.38. The van der Waals surface area contributed by atoms with Crippen molar-refractivity contribution in [3.8, 4) is 5.75 Å². The molecule has 0 aromatic heterocycles. The molecule has 3 unspecified atom stereocenters. The van der Waals surface area contributed by atoms with Gasteiger partial charge in [0.05, 0.1) is 5.02 Å². The molecule has 3 atom stereocenters. The van der Waals surface area contributed by atoms with Crippen molar-refractivity contribution >= 4 is 17.7 Å². The lowest BCUT2D eigenvalue weighted by Crippen LogP contribution is -2.19. The van der Waals surface area contributed by atoms with Gasteiger partial charge in [0.2, 0.25) is 0 Å². The summed E-state index contributed by atoms with van der Waals surface area (Å²) < 4.78 is 18.9. The van der Waals surface area contributed by atoms with Crippen LogP contribution in [-0.4, -0.2) is 30.8 Å². The van der Waals surface area contributed by atoms with Gasteiger partial charge in [-0.25, -0.2) is 9.18 Å². The number of nitrogens with one attached hydrogen (secondary N) is 2. The van der Waals surface area contributed by atoms with E-state index in [9.17, 15) is 9.18 Å². The molecule has 3 N–H and O–H groups in total. The SMILES string of the molecule is CC1c2cc(Cl)c(OCc3ccc(F)cc3)cc2C2CNCC12.CCNC(=O)O. The highest BCUT2D eigenvalue weighted by molar-refractivity contribution is 6.32. The second kappa shape index (κ2) is 9.46. The largest absolute Gasteiger partial charge is 0.487 e. The molecule has 1 aliphatic carbocycles. The summed E-state index contributed by atoms with van der Waals surface area (Å²) in [6.45, 7) is 6.99. The molecule has 1 saturated heterocycles. The van der Waals surface area contributed by atoms with Crippen molar-refractivity contribution in [2.45, 2.75) is 32.3 Å². The van der Waals surface area contributed by atoms with Crippen LogP contribution >= 0.6 is 11.6 Å². The van der Waals surface area contributed by atoms with Gasteiger partial charge in [-0.3, -0.25) is 0 Å². The Bertz CT molecular complexity index is 860. The summed E-state index contributed by atoms with van der Waals surface area (Å²) in [5.41, 5.74) is 3.66. The molecule has 7 heteroatoms.